The van der Waals surface area contributed by atoms with Gasteiger partial charge in [-0.3, -0.25) is 9.59 Å². The van der Waals surface area contributed by atoms with E-state index in [0.717, 1.165) is 0 Å². The first-order valence-corrected chi connectivity index (χ1v) is 9.43. The number of hydrogen-bond acceptors (Lipinski definition) is 10. The second-order valence-electron chi connectivity index (χ2n) is 6.51. The van der Waals surface area contributed by atoms with Gasteiger partial charge in [0.1, 0.15) is 0 Å². The first-order valence-electron chi connectivity index (χ1n) is 9.43. The van der Waals surface area contributed by atoms with Crippen molar-refractivity contribution in [2.24, 2.45) is 0 Å². The third-order valence-corrected chi connectivity index (χ3v) is 3.45. The Balaban J connectivity index is 3.74. The van der Waals surface area contributed by atoms with Gasteiger partial charge in [0.25, 0.3) is 0 Å². The van der Waals surface area contributed by atoms with E-state index in [-0.39, 0.29) is 50.0 Å². The van der Waals surface area contributed by atoms with E-state index in [9.17, 15) is 29.4 Å². The van der Waals surface area contributed by atoms with Crippen molar-refractivity contribution in [3.05, 3.63) is 24.3 Å². The molecule has 0 radical (unpaired) electrons. The summed E-state index contributed by atoms with van der Waals surface area (Å²) in [6.07, 6.45) is -1.98. The van der Waals surface area contributed by atoms with Gasteiger partial charge in [0, 0.05) is 36.8 Å². The molecule has 10 heteroatoms. The lowest BCUT2D eigenvalue weighted by Gasteiger charge is -2.12. The number of rotatable bonds is 15. The summed E-state index contributed by atoms with van der Waals surface area (Å²) in [5.41, 5.74) is 0.291. The van der Waals surface area contributed by atoms with Gasteiger partial charge in [0.15, 0.2) is 0 Å². The Morgan fingerprint density at radius 2 is 1.07 bits per heavy atom. The summed E-state index contributed by atoms with van der Waals surface area (Å²) in [5, 5.41) is 18.9. The van der Waals surface area contributed by atoms with Crippen LogP contribution in [0.2, 0.25) is 0 Å². The molecule has 2 unspecified atom stereocenters. The maximum Gasteiger partial charge on any atom is 0.335 e. The van der Waals surface area contributed by atoms with Crippen molar-refractivity contribution in [1.29, 1.82) is 0 Å². The fourth-order valence-electron chi connectivity index (χ4n) is 1.80. The number of carbonyl (C=O) groups excluding carboxylic acids is 4. The molecule has 2 atom stereocenters. The lowest BCUT2D eigenvalue weighted by atomic mass is 10.2. The molecule has 0 aromatic heterocycles. The minimum atomic E-state index is -1.39. The Kier molecular flexibility index (Phi) is 13.8. The third-order valence-electron chi connectivity index (χ3n) is 3.45. The highest BCUT2D eigenvalue weighted by atomic mass is 16.6. The van der Waals surface area contributed by atoms with Gasteiger partial charge in [-0.15, -0.1) is 0 Å². The Morgan fingerprint density at radius 3 is 1.37 bits per heavy atom. The van der Waals surface area contributed by atoms with Gasteiger partial charge in [-0.05, 0) is 26.7 Å². The molecule has 0 saturated heterocycles. The second-order valence-corrected chi connectivity index (χ2v) is 6.51. The van der Waals surface area contributed by atoms with E-state index in [0.29, 0.717) is 12.8 Å². The van der Waals surface area contributed by atoms with Crippen molar-refractivity contribution in [3.8, 4) is 0 Å². The number of aliphatic hydroxyl groups is 2. The number of esters is 4. The molecule has 0 aromatic carbocycles. The largest absolute Gasteiger partial charge is 0.465 e. The molecule has 0 bridgehead atoms. The minimum absolute atomic E-state index is 0.0649. The van der Waals surface area contributed by atoms with Gasteiger partial charge in [0.2, 0.25) is 12.6 Å². The smallest absolute Gasteiger partial charge is 0.335 e. The van der Waals surface area contributed by atoms with Crippen LogP contribution >= 0.6 is 0 Å². The van der Waals surface area contributed by atoms with Gasteiger partial charge in [-0.25, -0.2) is 9.59 Å². The van der Waals surface area contributed by atoms with E-state index < -0.39 is 36.5 Å². The molecule has 0 fully saturated rings. The number of hydrogen-bond donors (Lipinski definition) is 2. The molecule has 2 N–H and O–H groups in total. The molecular weight excluding hydrogens is 400 g/mol. The summed E-state index contributed by atoms with van der Waals surface area (Å²) in [6.45, 7) is 9.39. The summed E-state index contributed by atoms with van der Waals surface area (Å²) in [4.78, 5) is 45.5. The van der Waals surface area contributed by atoms with Crippen molar-refractivity contribution >= 4 is 23.9 Å². The van der Waals surface area contributed by atoms with Crippen molar-refractivity contribution in [2.45, 2.75) is 65.0 Å². The number of unbranched alkanes of at least 4 members (excludes halogenated alkanes) is 1. The van der Waals surface area contributed by atoms with Crippen molar-refractivity contribution < 1.29 is 48.3 Å². The van der Waals surface area contributed by atoms with Crippen molar-refractivity contribution in [3.63, 3.8) is 0 Å². The number of carbonyl (C=O) groups is 4. The van der Waals surface area contributed by atoms with E-state index in [2.05, 4.69) is 22.6 Å². The normalized spacial score (nSPS) is 12.3. The fourth-order valence-corrected chi connectivity index (χ4v) is 1.80. The maximum absolute atomic E-state index is 11.6. The van der Waals surface area contributed by atoms with Crippen LogP contribution in [-0.4, -0.2) is 59.9 Å². The van der Waals surface area contributed by atoms with Crippen LogP contribution in [0.25, 0.3) is 0 Å². The zero-order valence-electron chi connectivity index (χ0n) is 17.4. The molecule has 0 aliphatic rings. The lowest BCUT2D eigenvalue weighted by Crippen LogP contribution is -2.21. The van der Waals surface area contributed by atoms with Crippen molar-refractivity contribution in [2.75, 3.05) is 13.2 Å². The Bertz CT molecular complexity index is 571. The predicted molar refractivity (Wildman–Crippen MR) is 103 cm³/mol. The van der Waals surface area contributed by atoms with E-state index in [4.69, 9.17) is 9.47 Å². The topological polar surface area (TPSA) is 146 Å². The standard InChI is InChI=1S/C20H30O10/c1-13(2)19(25)29-17(23)9-11-27-15(21)7-5-6-8-16(22)28-12-10-18(24)30-20(26)14(3)4/h17-18,23-24H,1,3,5-12H2,2,4H3. The van der Waals surface area contributed by atoms with Crippen LogP contribution < -0.4 is 0 Å². The molecule has 0 heterocycles. The average Bonchev–Trinajstić information content (AvgIpc) is 2.64. The molecule has 170 valence electrons. The molecule has 30 heavy (non-hydrogen) atoms. The average molecular weight is 430 g/mol. The Labute approximate surface area is 175 Å². The van der Waals surface area contributed by atoms with Crippen LogP contribution in [0, 0.1) is 0 Å². The lowest BCUT2D eigenvalue weighted by molar-refractivity contribution is -0.168. The van der Waals surface area contributed by atoms with E-state index >= 15 is 0 Å². The molecule has 0 rings (SSSR count). The molecular formula is C20H30O10. The van der Waals surface area contributed by atoms with E-state index in [1.165, 1.54) is 13.8 Å². The highest BCUT2D eigenvalue weighted by Crippen LogP contribution is 2.06. The molecule has 0 aliphatic carbocycles. The van der Waals surface area contributed by atoms with E-state index in [1.807, 2.05) is 0 Å². The minimum Gasteiger partial charge on any atom is -0.465 e. The molecule has 0 aromatic rings. The fraction of sp³-hybridized carbons (Fsp3) is 0.600. The Morgan fingerprint density at radius 1 is 0.733 bits per heavy atom. The zero-order valence-corrected chi connectivity index (χ0v) is 17.4. The van der Waals surface area contributed by atoms with Crippen molar-refractivity contribution in [1.82, 2.24) is 0 Å². The quantitative estimate of drug-likeness (QED) is 0.128. The van der Waals surface area contributed by atoms with Gasteiger partial charge in [-0.2, -0.15) is 0 Å². The highest BCUT2D eigenvalue weighted by molar-refractivity contribution is 5.87. The predicted octanol–water partition coefficient (Wildman–Crippen LogP) is 1.29. The second kappa shape index (κ2) is 15.2. The highest BCUT2D eigenvalue weighted by Gasteiger charge is 2.14. The number of ether oxygens (including phenoxy) is 4. The molecule has 0 saturated carbocycles. The SMILES string of the molecule is C=C(C)C(=O)OC(O)CCOC(=O)CCCCC(=O)OCCC(O)OC(=O)C(=C)C. The summed E-state index contributed by atoms with van der Waals surface area (Å²) in [5.74, 6) is -2.49. The first kappa shape index (κ1) is 27.3. The summed E-state index contributed by atoms with van der Waals surface area (Å²) in [6, 6.07) is 0. The number of aliphatic hydroxyl groups excluding tert-OH is 2. The van der Waals surface area contributed by atoms with Gasteiger partial charge >= 0.3 is 23.9 Å². The first-order chi connectivity index (χ1) is 14.0. The van der Waals surface area contributed by atoms with Crippen LogP contribution in [-0.2, 0) is 38.1 Å². The monoisotopic (exact) mass is 430 g/mol. The third kappa shape index (κ3) is 14.3. The van der Waals surface area contributed by atoms with E-state index in [1.54, 1.807) is 0 Å². The van der Waals surface area contributed by atoms with Crippen LogP contribution in [0.5, 0.6) is 0 Å². The summed E-state index contributed by atoms with van der Waals surface area (Å²) < 4.78 is 19.0. The molecule has 10 nitrogen and oxygen atoms in total. The summed E-state index contributed by atoms with van der Waals surface area (Å²) in [7, 11) is 0. The summed E-state index contributed by atoms with van der Waals surface area (Å²) >= 11 is 0. The van der Waals surface area contributed by atoms with Crippen LogP contribution in [0.1, 0.15) is 52.4 Å². The Hall–Kier alpha value is -2.72. The zero-order chi connectivity index (χ0) is 23.1. The molecule has 0 aliphatic heterocycles. The van der Waals surface area contributed by atoms with Gasteiger partial charge in [0.05, 0.1) is 13.2 Å². The molecule has 0 amide bonds. The molecule has 0 spiro atoms. The van der Waals surface area contributed by atoms with Crippen LogP contribution in [0.4, 0.5) is 0 Å². The van der Waals surface area contributed by atoms with Crippen LogP contribution in [0.15, 0.2) is 24.3 Å². The van der Waals surface area contributed by atoms with Crippen LogP contribution in [0.3, 0.4) is 0 Å². The maximum atomic E-state index is 11.6. The van der Waals surface area contributed by atoms with Gasteiger partial charge in [-0.1, -0.05) is 13.2 Å². The van der Waals surface area contributed by atoms with Gasteiger partial charge < -0.3 is 29.2 Å².